The van der Waals surface area contributed by atoms with Crippen molar-refractivity contribution >= 4 is 28.3 Å². The molecule has 0 bridgehead atoms. The van der Waals surface area contributed by atoms with Crippen LogP contribution in [0.4, 0.5) is 5.69 Å². The Kier molecular flexibility index (Phi) is 3.60. The first-order valence-electron chi connectivity index (χ1n) is 6.45. The average Bonchev–Trinajstić information content (AvgIpc) is 2.49. The number of halogens is 1. The van der Waals surface area contributed by atoms with E-state index in [0.717, 1.165) is 5.56 Å². The molecule has 0 aliphatic carbocycles. The molecule has 7 heteroatoms. The van der Waals surface area contributed by atoms with Crippen LogP contribution in [0, 0.1) is 10.1 Å². The molecule has 1 N–H and O–H groups in total. The Bertz CT molecular complexity index is 937. The van der Waals surface area contributed by atoms with Crippen LogP contribution in [0.2, 0.25) is 5.02 Å². The predicted molar refractivity (Wildman–Crippen MR) is 83.3 cm³/mol. The number of nitrogens with one attached hydrogen (secondary N) is 1. The molecule has 0 spiro atoms. The number of aromatic nitrogens is 2. The summed E-state index contributed by atoms with van der Waals surface area (Å²) < 4.78 is 0. The first-order valence-corrected chi connectivity index (χ1v) is 6.83. The molecule has 3 aromatic rings. The van der Waals surface area contributed by atoms with E-state index in [1.165, 1.54) is 18.2 Å². The number of nitro benzene ring substituents is 1. The fraction of sp³-hybridized carbons (Fsp3) is 0.0667. The zero-order chi connectivity index (χ0) is 15.7. The van der Waals surface area contributed by atoms with Gasteiger partial charge in [-0.05, 0) is 17.7 Å². The SMILES string of the molecule is O=c1[nH]c2ccc([N+](=O)[O-])cc2nc1Cc1ccccc1Cl. The average molecular weight is 316 g/mol. The van der Waals surface area contributed by atoms with Gasteiger partial charge < -0.3 is 4.98 Å². The van der Waals surface area contributed by atoms with Gasteiger partial charge in [-0.25, -0.2) is 4.98 Å². The van der Waals surface area contributed by atoms with Crippen molar-refractivity contribution in [3.63, 3.8) is 0 Å². The number of benzene rings is 2. The van der Waals surface area contributed by atoms with Crippen LogP contribution in [0.5, 0.6) is 0 Å². The normalized spacial score (nSPS) is 10.8. The van der Waals surface area contributed by atoms with E-state index >= 15 is 0 Å². The molecular formula is C15H10ClN3O3. The highest BCUT2D eigenvalue weighted by molar-refractivity contribution is 6.31. The van der Waals surface area contributed by atoms with Gasteiger partial charge in [0.1, 0.15) is 5.69 Å². The third-order valence-corrected chi connectivity index (χ3v) is 3.64. The van der Waals surface area contributed by atoms with E-state index < -0.39 is 4.92 Å². The second-order valence-corrected chi connectivity index (χ2v) is 5.15. The number of aromatic amines is 1. The molecule has 0 amide bonds. The number of H-pyrrole nitrogens is 1. The Hall–Kier alpha value is -2.73. The van der Waals surface area contributed by atoms with E-state index in [1.807, 2.05) is 6.07 Å². The molecule has 0 atom stereocenters. The summed E-state index contributed by atoms with van der Waals surface area (Å²) in [5, 5.41) is 11.4. The molecule has 0 aliphatic rings. The van der Waals surface area contributed by atoms with E-state index in [2.05, 4.69) is 9.97 Å². The lowest BCUT2D eigenvalue weighted by molar-refractivity contribution is -0.384. The third kappa shape index (κ3) is 2.68. The minimum Gasteiger partial charge on any atom is -0.319 e. The van der Waals surface area contributed by atoms with Gasteiger partial charge in [-0.3, -0.25) is 14.9 Å². The third-order valence-electron chi connectivity index (χ3n) is 3.27. The molecule has 110 valence electrons. The van der Waals surface area contributed by atoms with Crippen molar-refractivity contribution in [1.82, 2.24) is 9.97 Å². The van der Waals surface area contributed by atoms with Crippen LogP contribution in [0.25, 0.3) is 11.0 Å². The second kappa shape index (κ2) is 5.57. The van der Waals surface area contributed by atoms with E-state index in [4.69, 9.17) is 11.6 Å². The van der Waals surface area contributed by atoms with E-state index in [9.17, 15) is 14.9 Å². The maximum Gasteiger partial charge on any atom is 0.271 e. The number of rotatable bonds is 3. The largest absolute Gasteiger partial charge is 0.319 e. The zero-order valence-electron chi connectivity index (χ0n) is 11.2. The minimum absolute atomic E-state index is 0.0734. The summed E-state index contributed by atoms with van der Waals surface area (Å²) in [6.45, 7) is 0. The Morgan fingerprint density at radius 2 is 2.00 bits per heavy atom. The number of hydrogen-bond acceptors (Lipinski definition) is 4. The molecule has 0 radical (unpaired) electrons. The summed E-state index contributed by atoms with van der Waals surface area (Å²) >= 11 is 6.08. The van der Waals surface area contributed by atoms with Crippen LogP contribution >= 0.6 is 11.6 Å². The van der Waals surface area contributed by atoms with Gasteiger partial charge in [0.15, 0.2) is 0 Å². The number of nitrogens with zero attached hydrogens (tertiary/aromatic N) is 2. The van der Waals surface area contributed by atoms with Gasteiger partial charge in [-0.2, -0.15) is 0 Å². The molecule has 0 aliphatic heterocycles. The molecule has 22 heavy (non-hydrogen) atoms. The zero-order valence-corrected chi connectivity index (χ0v) is 12.0. The van der Waals surface area contributed by atoms with Crippen molar-refractivity contribution in [1.29, 1.82) is 0 Å². The fourth-order valence-corrected chi connectivity index (χ4v) is 2.37. The summed E-state index contributed by atoms with van der Waals surface area (Å²) in [6, 6.07) is 11.3. The Labute approximate surface area is 129 Å². The lowest BCUT2D eigenvalue weighted by Crippen LogP contribution is -2.15. The van der Waals surface area contributed by atoms with Gasteiger partial charge in [-0.15, -0.1) is 0 Å². The molecule has 6 nitrogen and oxygen atoms in total. The summed E-state index contributed by atoms with van der Waals surface area (Å²) in [5.74, 6) is 0. The van der Waals surface area contributed by atoms with Crippen molar-refractivity contribution in [2.45, 2.75) is 6.42 Å². The topological polar surface area (TPSA) is 88.9 Å². The van der Waals surface area contributed by atoms with Crippen LogP contribution in [0.3, 0.4) is 0 Å². The van der Waals surface area contributed by atoms with Crippen molar-refractivity contribution in [2.75, 3.05) is 0 Å². The quantitative estimate of drug-likeness (QED) is 0.594. The standard InChI is InChI=1S/C15H10ClN3O3/c16-11-4-2-1-3-9(11)7-14-15(20)18-12-6-5-10(19(21)22)8-13(12)17-14/h1-6,8H,7H2,(H,18,20). The first-order chi connectivity index (χ1) is 10.5. The van der Waals surface area contributed by atoms with Crippen LogP contribution < -0.4 is 5.56 Å². The highest BCUT2D eigenvalue weighted by Gasteiger charge is 2.11. The maximum atomic E-state index is 12.1. The van der Waals surface area contributed by atoms with E-state index in [-0.39, 0.29) is 23.4 Å². The Morgan fingerprint density at radius 3 is 2.73 bits per heavy atom. The lowest BCUT2D eigenvalue weighted by Gasteiger charge is -2.04. The van der Waals surface area contributed by atoms with Gasteiger partial charge >= 0.3 is 0 Å². The van der Waals surface area contributed by atoms with Crippen LogP contribution in [0.15, 0.2) is 47.3 Å². The Morgan fingerprint density at radius 1 is 1.23 bits per heavy atom. The van der Waals surface area contributed by atoms with Gasteiger partial charge in [0.05, 0.1) is 16.0 Å². The van der Waals surface area contributed by atoms with Gasteiger partial charge in [0.25, 0.3) is 11.2 Å². The maximum absolute atomic E-state index is 12.1. The highest BCUT2D eigenvalue weighted by Crippen LogP contribution is 2.19. The molecule has 0 fully saturated rings. The van der Waals surface area contributed by atoms with Crippen LogP contribution in [0.1, 0.15) is 11.3 Å². The smallest absolute Gasteiger partial charge is 0.271 e. The summed E-state index contributed by atoms with van der Waals surface area (Å²) in [7, 11) is 0. The van der Waals surface area contributed by atoms with Gasteiger partial charge in [0.2, 0.25) is 0 Å². The summed E-state index contributed by atoms with van der Waals surface area (Å²) in [4.78, 5) is 29.3. The van der Waals surface area contributed by atoms with E-state index in [0.29, 0.717) is 16.1 Å². The van der Waals surface area contributed by atoms with Gasteiger partial charge in [0, 0.05) is 23.6 Å². The number of hydrogen-bond donors (Lipinski definition) is 1. The number of non-ortho nitro benzene ring substituents is 1. The summed E-state index contributed by atoms with van der Waals surface area (Å²) in [5.41, 5.74) is 1.46. The molecule has 0 saturated carbocycles. The fourth-order valence-electron chi connectivity index (χ4n) is 2.16. The van der Waals surface area contributed by atoms with Crippen LogP contribution in [-0.4, -0.2) is 14.9 Å². The second-order valence-electron chi connectivity index (χ2n) is 4.74. The minimum atomic E-state index is -0.500. The van der Waals surface area contributed by atoms with E-state index in [1.54, 1.807) is 18.2 Å². The molecule has 0 unspecified atom stereocenters. The van der Waals surface area contributed by atoms with Gasteiger partial charge in [-0.1, -0.05) is 29.8 Å². The molecule has 1 heterocycles. The molecule has 3 rings (SSSR count). The predicted octanol–water partition coefficient (Wildman–Crippen LogP) is 3.08. The van der Waals surface area contributed by atoms with Crippen molar-refractivity contribution in [3.8, 4) is 0 Å². The molecule has 1 aromatic heterocycles. The molecular weight excluding hydrogens is 306 g/mol. The van der Waals surface area contributed by atoms with Crippen molar-refractivity contribution < 1.29 is 4.92 Å². The highest BCUT2D eigenvalue weighted by atomic mass is 35.5. The molecule has 0 saturated heterocycles. The molecule has 2 aromatic carbocycles. The monoisotopic (exact) mass is 315 g/mol. The van der Waals surface area contributed by atoms with Crippen LogP contribution in [-0.2, 0) is 6.42 Å². The first kappa shape index (κ1) is 14.2. The van der Waals surface area contributed by atoms with Crippen molar-refractivity contribution in [2.24, 2.45) is 0 Å². The number of nitro groups is 1. The Balaban J connectivity index is 2.09. The summed E-state index contributed by atoms with van der Waals surface area (Å²) in [6.07, 6.45) is 0.258. The lowest BCUT2D eigenvalue weighted by atomic mass is 10.1. The number of fused-ring (bicyclic) bond motifs is 1. The van der Waals surface area contributed by atoms with Crippen molar-refractivity contribution in [3.05, 3.63) is 79.2 Å².